The van der Waals surface area contributed by atoms with E-state index in [4.69, 9.17) is 5.73 Å². The smallest absolute Gasteiger partial charge is 0.0397 e. The molecule has 4 aromatic carbocycles. The quantitative estimate of drug-likeness (QED) is 0.327. The molecule has 0 spiro atoms. The van der Waals surface area contributed by atoms with Gasteiger partial charge in [0, 0.05) is 22.1 Å². The van der Waals surface area contributed by atoms with Gasteiger partial charge in [0.2, 0.25) is 0 Å². The Hall–Kier alpha value is -3.32. The predicted octanol–water partition coefficient (Wildman–Crippen LogP) is 7.55. The summed E-state index contributed by atoms with van der Waals surface area (Å²) >= 11 is 0. The SMILES string of the molecule is CC1(C)c2ccccc2-c2ccc(-c3ccc(N)c4c3C(C)(C)c3ccccc3-4)cc21. The topological polar surface area (TPSA) is 26.0 Å². The van der Waals surface area contributed by atoms with Crippen molar-refractivity contribution in [2.24, 2.45) is 0 Å². The van der Waals surface area contributed by atoms with Crippen LogP contribution in [0.1, 0.15) is 49.9 Å². The van der Waals surface area contributed by atoms with Crippen LogP contribution in [0, 0.1) is 0 Å². The van der Waals surface area contributed by atoms with Crippen molar-refractivity contribution in [1.82, 2.24) is 0 Å². The van der Waals surface area contributed by atoms with Gasteiger partial charge in [-0.2, -0.15) is 0 Å². The highest BCUT2D eigenvalue weighted by Gasteiger charge is 2.39. The lowest BCUT2D eigenvalue weighted by Crippen LogP contribution is -2.17. The van der Waals surface area contributed by atoms with Crippen LogP contribution in [0.15, 0.2) is 78.9 Å². The molecule has 0 atom stereocenters. The van der Waals surface area contributed by atoms with Crippen molar-refractivity contribution in [3.8, 4) is 33.4 Å². The number of fused-ring (bicyclic) bond motifs is 6. The van der Waals surface area contributed by atoms with E-state index in [0.717, 1.165) is 5.69 Å². The first-order chi connectivity index (χ1) is 14.8. The number of benzene rings is 4. The summed E-state index contributed by atoms with van der Waals surface area (Å²) in [5.74, 6) is 0. The Bertz CT molecular complexity index is 1390. The fourth-order valence-corrected chi connectivity index (χ4v) is 6.05. The number of rotatable bonds is 1. The highest BCUT2D eigenvalue weighted by Crippen LogP contribution is 2.55. The molecule has 6 rings (SSSR count). The Morgan fingerprint density at radius 2 is 1.13 bits per heavy atom. The van der Waals surface area contributed by atoms with Gasteiger partial charge in [-0.15, -0.1) is 0 Å². The van der Waals surface area contributed by atoms with Crippen LogP contribution < -0.4 is 5.73 Å². The summed E-state index contributed by atoms with van der Waals surface area (Å²) in [7, 11) is 0. The largest absolute Gasteiger partial charge is 0.398 e. The predicted molar refractivity (Wildman–Crippen MR) is 131 cm³/mol. The Morgan fingerprint density at radius 1 is 0.548 bits per heavy atom. The van der Waals surface area contributed by atoms with Gasteiger partial charge in [0.25, 0.3) is 0 Å². The van der Waals surface area contributed by atoms with Crippen LogP contribution >= 0.6 is 0 Å². The maximum atomic E-state index is 6.55. The second kappa shape index (κ2) is 5.88. The van der Waals surface area contributed by atoms with E-state index in [2.05, 4.69) is 107 Å². The van der Waals surface area contributed by atoms with Gasteiger partial charge in [0.1, 0.15) is 0 Å². The van der Waals surface area contributed by atoms with Gasteiger partial charge >= 0.3 is 0 Å². The fraction of sp³-hybridized carbons (Fsp3) is 0.200. The van der Waals surface area contributed by atoms with Crippen LogP contribution in [0.5, 0.6) is 0 Å². The zero-order valence-corrected chi connectivity index (χ0v) is 18.6. The summed E-state index contributed by atoms with van der Waals surface area (Å²) in [6.45, 7) is 9.34. The first-order valence-corrected chi connectivity index (χ1v) is 11.1. The molecule has 1 heteroatoms. The molecule has 0 bridgehead atoms. The lowest BCUT2D eigenvalue weighted by molar-refractivity contribution is 0.659. The molecule has 0 heterocycles. The summed E-state index contributed by atoms with van der Waals surface area (Å²) in [5.41, 5.74) is 20.6. The average Bonchev–Trinajstić information content (AvgIpc) is 3.15. The monoisotopic (exact) mass is 401 g/mol. The second-order valence-electron chi connectivity index (χ2n) is 10.1. The van der Waals surface area contributed by atoms with Crippen LogP contribution in [0.4, 0.5) is 5.69 Å². The molecule has 2 N–H and O–H groups in total. The molecule has 0 saturated heterocycles. The molecule has 1 nitrogen and oxygen atoms in total. The minimum Gasteiger partial charge on any atom is -0.398 e. The highest BCUT2D eigenvalue weighted by molar-refractivity contribution is 5.95. The second-order valence-corrected chi connectivity index (χ2v) is 10.1. The number of hydrogen-bond donors (Lipinski definition) is 1. The minimum atomic E-state index is -0.0892. The van der Waals surface area contributed by atoms with E-state index < -0.39 is 0 Å². The molecule has 0 unspecified atom stereocenters. The van der Waals surface area contributed by atoms with Crippen molar-refractivity contribution < 1.29 is 0 Å². The first kappa shape index (κ1) is 18.4. The Kier molecular flexibility index (Phi) is 3.50. The molecule has 0 aliphatic heterocycles. The lowest BCUT2D eigenvalue weighted by Gasteiger charge is -2.26. The summed E-state index contributed by atoms with van der Waals surface area (Å²) in [6, 6.07) is 28.9. The van der Waals surface area contributed by atoms with E-state index in [-0.39, 0.29) is 10.8 Å². The molecule has 0 amide bonds. The van der Waals surface area contributed by atoms with E-state index in [1.54, 1.807) is 0 Å². The summed E-state index contributed by atoms with van der Waals surface area (Å²) in [6.07, 6.45) is 0. The molecule has 2 aliphatic carbocycles. The van der Waals surface area contributed by atoms with Crippen molar-refractivity contribution in [2.75, 3.05) is 5.73 Å². The molecule has 0 saturated carbocycles. The molecule has 0 radical (unpaired) electrons. The first-order valence-electron chi connectivity index (χ1n) is 11.1. The van der Waals surface area contributed by atoms with Crippen molar-refractivity contribution in [2.45, 2.75) is 38.5 Å². The van der Waals surface area contributed by atoms with Crippen LogP contribution in [-0.4, -0.2) is 0 Å². The van der Waals surface area contributed by atoms with Gasteiger partial charge in [0.15, 0.2) is 0 Å². The van der Waals surface area contributed by atoms with E-state index in [1.807, 2.05) is 0 Å². The van der Waals surface area contributed by atoms with E-state index in [0.29, 0.717) is 0 Å². The van der Waals surface area contributed by atoms with Crippen molar-refractivity contribution >= 4 is 5.69 Å². The Morgan fingerprint density at radius 3 is 1.87 bits per heavy atom. The number of nitrogens with two attached hydrogens (primary N) is 1. The average molecular weight is 402 g/mol. The Balaban J connectivity index is 1.61. The maximum Gasteiger partial charge on any atom is 0.0397 e. The van der Waals surface area contributed by atoms with Crippen LogP contribution in [0.2, 0.25) is 0 Å². The van der Waals surface area contributed by atoms with Gasteiger partial charge < -0.3 is 5.73 Å². The molecule has 0 aromatic heterocycles. The van der Waals surface area contributed by atoms with Gasteiger partial charge in [0.05, 0.1) is 0 Å². The van der Waals surface area contributed by atoms with Gasteiger partial charge in [-0.05, 0) is 62.2 Å². The third kappa shape index (κ3) is 2.27. The third-order valence-corrected chi connectivity index (χ3v) is 7.63. The van der Waals surface area contributed by atoms with E-state index in [9.17, 15) is 0 Å². The zero-order valence-electron chi connectivity index (χ0n) is 18.6. The standard InChI is InChI=1S/C30H27N/c1-29(2)23-11-7-5-9-20(23)21-14-13-18(17-25(21)29)19-15-16-26(31)27-22-10-6-8-12-24(22)30(3,4)28(19)27/h5-17H,31H2,1-4H3. The molecule has 4 aromatic rings. The van der Waals surface area contributed by atoms with Crippen molar-refractivity contribution in [3.63, 3.8) is 0 Å². The highest BCUT2D eigenvalue weighted by atomic mass is 14.6. The molecular formula is C30H27N. The molecule has 0 fully saturated rings. The summed E-state index contributed by atoms with van der Waals surface area (Å²) in [5, 5.41) is 0. The molecule has 2 aliphatic rings. The van der Waals surface area contributed by atoms with Gasteiger partial charge in [-0.3, -0.25) is 0 Å². The summed E-state index contributed by atoms with van der Waals surface area (Å²) < 4.78 is 0. The maximum absolute atomic E-state index is 6.55. The van der Waals surface area contributed by atoms with Gasteiger partial charge in [-0.1, -0.05) is 94.4 Å². The van der Waals surface area contributed by atoms with Crippen molar-refractivity contribution in [1.29, 1.82) is 0 Å². The number of nitrogen functional groups attached to an aromatic ring is 1. The third-order valence-electron chi connectivity index (χ3n) is 7.63. The van der Waals surface area contributed by atoms with Crippen molar-refractivity contribution in [3.05, 3.63) is 101 Å². The normalized spacial score (nSPS) is 16.4. The molecule has 31 heavy (non-hydrogen) atoms. The van der Waals surface area contributed by atoms with Crippen LogP contribution in [0.25, 0.3) is 33.4 Å². The van der Waals surface area contributed by atoms with E-state index in [1.165, 1.54) is 55.6 Å². The minimum absolute atomic E-state index is 0.00258. The molecule has 152 valence electrons. The lowest BCUT2D eigenvalue weighted by atomic mass is 9.77. The van der Waals surface area contributed by atoms with Crippen LogP contribution in [0.3, 0.4) is 0 Å². The summed E-state index contributed by atoms with van der Waals surface area (Å²) in [4.78, 5) is 0. The number of hydrogen-bond acceptors (Lipinski definition) is 1. The van der Waals surface area contributed by atoms with Gasteiger partial charge in [-0.25, -0.2) is 0 Å². The van der Waals surface area contributed by atoms with E-state index >= 15 is 0 Å². The van der Waals surface area contributed by atoms with Crippen LogP contribution in [-0.2, 0) is 10.8 Å². The molecular weight excluding hydrogens is 374 g/mol. The fourth-order valence-electron chi connectivity index (χ4n) is 6.05. The zero-order chi connectivity index (χ0) is 21.5. The number of anilines is 1. The Labute approximate surface area is 184 Å².